The van der Waals surface area contributed by atoms with Gasteiger partial charge in [0.05, 0.1) is 5.75 Å². The Balaban J connectivity index is 1.59. The zero-order valence-corrected chi connectivity index (χ0v) is 14.0. The van der Waals surface area contributed by atoms with Crippen LogP contribution in [-0.2, 0) is 4.79 Å². The molecule has 4 nitrogen and oxygen atoms in total. The van der Waals surface area contributed by atoms with E-state index in [0.29, 0.717) is 24.7 Å². The minimum absolute atomic E-state index is 0.0355. The van der Waals surface area contributed by atoms with Crippen LogP contribution < -0.4 is 14.8 Å². The van der Waals surface area contributed by atoms with Crippen LogP contribution in [0.15, 0.2) is 41.3 Å². The maximum atomic E-state index is 12.1. The molecule has 0 atom stereocenters. The van der Waals surface area contributed by atoms with E-state index in [1.807, 2.05) is 12.1 Å². The zero-order valence-electron chi connectivity index (χ0n) is 13.2. The van der Waals surface area contributed by atoms with Crippen molar-refractivity contribution >= 4 is 23.4 Å². The number of thioether (sulfide) groups is 1. The SMILES string of the molecule is Cc1ccc(SCC(=O)Nc2ccc3c(c2)OCCO3)c(C)c1. The van der Waals surface area contributed by atoms with E-state index in [-0.39, 0.29) is 5.91 Å². The van der Waals surface area contributed by atoms with Crippen LogP contribution in [-0.4, -0.2) is 24.9 Å². The number of carbonyl (C=O) groups is 1. The summed E-state index contributed by atoms with van der Waals surface area (Å²) in [6.07, 6.45) is 0. The minimum Gasteiger partial charge on any atom is -0.486 e. The lowest BCUT2D eigenvalue weighted by Gasteiger charge is -2.19. The van der Waals surface area contributed by atoms with Gasteiger partial charge in [0, 0.05) is 16.6 Å². The molecule has 1 amide bonds. The van der Waals surface area contributed by atoms with Gasteiger partial charge in [0.1, 0.15) is 13.2 Å². The number of amides is 1. The van der Waals surface area contributed by atoms with Crippen molar-refractivity contribution < 1.29 is 14.3 Å². The van der Waals surface area contributed by atoms with Crippen LogP contribution in [0.5, 0.6) is 11.5 Å². The Hall–Kier alpha value is -2.14. The maximum absolute atomic E-state index is 12.1. The number of hydrogen-bond donors (Lipinski definition) is 1. The van der Waals surface area contributed by atoms with Crippen LogP contribution in [0, 0.1) is 13.8 Å². The number of ether oxygens (including phenoxy) is 2. The van der Waals surface area contributed by atoms with Crippen LogP contribution in [0.3, 0.4) is 0 Å². The topological polar surface area (TPSA) is 47.6 Å². The molecule has 3 rings (SSSR count). The van der Waals surface area contributed by atoms with Crippen LogP contribution >= 0.6 is 11.8 Å². The van der Waals surface area contributed by atoms with Crippen molar-refractivity contribution in [3.05, 3.63) is 47.5 Å². The summed E-state index contributed by atoms with van der Waals surface area (Å²) < 4.78 is 11.0. The second-order valence-corrected chi connectivity index (χ2v) is 6.48. The first-order valence-electron chi connectivity index (χ1n) is 7.51. The minimum atomic E-state index is -0.0355. The van der Waals surface area contributed by atoms with E-state index in [9.17, 15) is 4.79 Å². The number of benzene rings is 2. The monoisotopic (exact) mass is 329 g/mol. The molecule has 5 heteroatoms. The second kappa shape index (κ2) is 6.96. The van der Waals surface area contributed by atoms with Gasteiger partial charge in [-0.05, 0) is 37.6 Å². The summed E-state index contributed by atoms with van der Waals surface area (Å²) in [6.45, 7) is 5.22. The van der Waals surface area contributed by atoms with E-state index in [4.69, 9.17) is 9.47 Å². The Kier molecular flexibility index (Phi) is 4.76. The normalized spacial score (nSPS) is 12.8. The Morgan fingerprint density at radius 1 is 1.09 bits per heavy atom. The van der Waals surface area contributed by atoms with Gasteiger partial charge in [-0.3, -0.25) is 4.79 Å². The Labute approximate surface area is 140 Å². The Morgan fingerprint density at radius 3 is 2.65 bits per heavy atom. The highest BCUT2D eigenvalue weighted by atomic mass is 32.2. The molecule has 23 heavy (non-hydrogen) atoms. The highest BCUT2D eigenvalue weighted by Gasteiger charge is 2.13. The fourth-order valence-electron chi connectivity index (χ4n) is 2.42. The fourth-order valence-corrected chi connectivity index (χ4v) is 3.23. The van der Waals surface area contributed by atoms with Gasteiger partial charge in [-0.15, -0.1) is 11.8 Å². The van der Waals surface area contributed by atoms with E-state index < -0.39 is 0 Å². The van der Waals surface area contributed by atoms with Gasteiger partial charge < -0.3 is 14.8 Å². The third kappa shape index (κ3) is 3.99. The lowest BCUT2D eigenvalue weighted by Crippen LogP contribution is -2.17. The molecule has 0 saturated heterocycles. The van der Waals surface area contributed by atoms with Crippen molar-refractivity contribution in [2.24, 2.45) is 0 Å². The Bertz CT molecular complexity index is 730. The smallest absolute Gasteiger partial charge is 0.234 e. The highest BCUT2D eigenvalue weighted by molar-refractivity contribution is 8.00. The van der Waals surface area contributed by atoms with E-state index >= 15 is 0 Å². The number of rotatable bonds is 4. The molecule has 0 aromatic heterocycles. The van der Waals surface area contributed by atoms with Gasteiger partial charge in [0.25, 0.3) is 0 Å². The molecular formula is C18H19NO3S. The van der Waals surface area contributed by atoms with Crippen molar-refractivity contribution in [1.82, 2.24) is 0 Å². The van der Waals surface area contributed by atoms with Gasteiger partial charge in [-0.2, -0.15) is 0 Å². The lowest BCUT2D eigenvalue weighted by atomic mass is 10.2. The number of carbonyl (C=O) groups excluding carboxylic acids is 1. The van der Waals surface area contributed by atoms with E-state index in [0.717, 1.165) is 16.3 Å². The first-order valence-corrected chi connectivity index (χ1v) is 8.50. The molecule has 2 aromatic rings. The Morgan fingerprint density at radius 2 is 1.87 bits per heavy atom. The maximum Gasteiger partial charge on any atom is 0.234 e. The molecular weight excluding hydrogens is 310 g/mol. The predicted octanol–water partition coefficient (Wildman–Crippen LogP) is 3.81. The van der Waals surface area contributed by atoms with E-state index in [1.54, 1.807) is 17.8 Å². The fraction of sp³-hybridized carbons (Fsp3) is 0.278. The summed E-state index contributed by atoms with van der Waals surface area (Å²) in [6, 6.07) is 11.7. The molecule has 1 N–H and O–H groups in total. The molecule has 1 aliphatic heterocycles. The molecule has 0 radical (unpaired) electrons. The quantitative estimate of drug-likeness (QED) is 0.867. The largest absolute Gasteiger partial charge is 0.486 e. The first kappa shape index (κ1) is 15.7. The molecule has 0 saturated carbocycles. The zero-order chi connectivity index (χ0) is 16.2. The van der Waals surface area contributed by atoms with Gasteiger partial charge in [0.2, 0.25) is 5.91 Å². The summed E-state index contributed by atoms with van der Waals surface area (Å²) >= 11 is 1.54. The molecule has 1 heterocycles. The number of fused-ring (bicyclic) bond motifs is 1. The second-order valence-electron chi connectivity index (χ2n) is 5.46. The van der Waals surface area contributed by atoms with Crippen LogP contribution in [0.1, 0.15) is 11.1 Å². The summed E-state index contributed by atoms with van der Waals surface area (Å²) in [5, 5.41) is 2.90. The first-order chi connectivity index (χ1) is 11.1. The summed E-state index contributed by atoms with van der Waals surface area (Å²) in [5.74, 6) is 1.74. The van der Waals surface area contributed by atoms with Crippen LogP contribution in [0.4, 0.5) is 5.69 Å². The molecule has 0 bridgehead atoms. The average Bonchev–Trinajstić information content (AvgIpc) is 2.54. The third-order valence-corrected chi connectivity index (χ3v) is 4.69. The lowest BCUT2D eigenvalue weighted by molar-refractivity contribution is -0.113. The van der Waals surface area contributed by atoms with Crippen LogP contribution in [0.25, 0.3) is 0 Å². The molecule has 2 aromatic carbocycles. The van der Waals surface area contributed by atoms with Crippen molar-refractivity contribution in [2.45, 2.75) is 18.7 Å². The van der Waals surface area contributed by atoms with Crippen molar-refractivity contribution in [2.75, 3.05) is 24.3 Å². The third-order valence-electron chi connectivity index (χ3n) is 3.52. The van der Waals surface area contributed by atoms with Crippen molar-refractivity contribution in [3.63, 3.8) is 0 Å². The molecule has 0 fully saturated rings. The summed E-state index contributed by atoms with van der Waals surface area (Å²) in [4.78, 5) is 13.3. The molecule has 0 unspecified atom stereocenters. The molecule has 0 aliphatic carbocycles. The van der Waals surface area contributed by atoms with Crippen molar-refractivity contribution in [3.8, 4) is 11.5 Å². The van der Waals surface area contributed by atoms with Gasteiger partial charge in [-0.25, -0.2) is 0 Å². The van der Waals surface area contributed by atoms with Crippen molar-refractivity contribution in [1.29, 1.82) is 0 Å². The molecule has 120 valence electrons. The molecule has 1 aliphatic rings. The van der Waals surface area contributed by atoms with Gasteiger partial charge in [0.15, 0.2) is 11.5 Å². The standard InChI is InChI=1S/C18H19NO3S/c1-12-3-6-17(13(2)9-12)23-11-18(20)19-14-4-5-15-16(10-14)22-8-7-21-15/h3-6,9-10H,7-8,11H2,1-2H3,(H,19,20). The number of anilines is 1. The van der Waals surface area contributed by atoms with E-state index in [2.05, 4.69) is 37.4 Å². The molecule has 0 spiro atoms. The average molecular weight is 329 g/mol. The predicted molar refractivity (Wildman–Crippen MR) is 92.7 cm³/mol. The van der Waals surface area contributed by atoms with Gasteiger partial charge in [-0.1, -0.05) is 17.7 Å². The number of hydrogen-bond acceptors (Lipinski definition) is 4. The van der Waals surface area contributed by atoms with E-state index in [1.165, 1.54) is 11.1 Å². The number of aryl methyl sites for hydroxylation is 2. The summed E-state index contributed by atoms with van der Waals surface area (Å²) in [5.41, 5.74) is 3.15. The highest BCUT2D eigenvalue weighted by Crippen LogP contribution is 2.32. The van der Waals surface area contributed by atoms with Crippen LogP contribution in [0.2, 0.25) is 0 Å². The number of nitrogens with one attached hydrogen (secondary N) is 1. The summed E-state index contributed by atoms with van der Waals surface area (Å²) in [7, 11) is 0. The van der Waals surface area contributed by atoms with Gasteiger partial charge >= 0.3 is 0 Å².